The van der Waals surface area contributed by atoms with Crippen LogP contribution in [-0.2, 0) is 29.2 Å². The molecule has 5 rings (SSSR count). The number of ether oxygens (including phenoxy) is 1. The normalized spacial score (nSPS) is 16.2. The van der Waals surface area contributed by atoms with E-state index >= 15 is 0 Å². The maximum Gasteiger partial charge on any atom is 0.294 e. The van der Waals surface area contributed by atoms with Crippen LogP contribution in [0.5, 0.6) is 5.75 Å². The van der Waals surface area contributed by atoms with Crippen molar-refractivity contribution in [3.63, 3.8) is 0 Å². The van der Waals surface area contributed by atoms with Crippen LogP contribution in [0.1, 0.15) is 22.3 Å². The summed E-state index contributed by atoms with van der Waals surface area (Å²) in [6.45, 7) is 0.886. The Hall–Kier alpha value is -2.49. The van der Waals surface area contributed by atoms with Gasteiger partial charge in [0.05, 0.1) is 14.4 Å². The number of hydrogen-bond donors (Lipinski definition) is 0. The average molecular weight is 667 g/mol. The Kier molecular flexibility index (Phi) is 8.59. The summed E-state index contributed by atoms with van der Waals surface area (Å²) in [7, 11) is 0. The Morgan fingerprint density at radius 3 is 2.54 bits per heavy atom. The van der Waals surface area contributed by atoms with E-state index in [0.29, 0.717) is 43.9 Å². The van der Waals surface area contributed by atoms with Crippen molar-refractivity contribution in [3.8, 4) is 5.75 Å². The Balaban J connectivity index is 1.26. The Labute approximate surface area is 253 Å². The number of benzene rings is 3. The number of thioether (sulfide) groups is 1. The van der Waals surface area contributed by atoms with Crippen molar-refractivity contribution in [1.82, 2.24) is 9.80 Å². The summed E-state index contributed by atoms with van der Waals surface area (Å²) in [6, 6.07) is 16.4. The number of fused-ring (bicyclic) bond motifs is 1. The van der Waals surface area contributed by atoms with Crippen molar-refractivity contribution >= 4 is 85.6 Å². The maximum absolute atomic E-state index is 13.0. The zero-order chi connectivity index (χ0) is 27.7. The molecule has 1 fully saturated rings. The Bertz CT molecular complexity index is 1510. The topological polar surface area (TPSA) is 66.9 Å². The van der Waals surface area contributed by atoms with E-state index in [9.17, 15) is 14.4 Å². The molecule has 3 aromatic rings. The first-order valence-corrected chi connectivity index (χ1v) is 14.6. The summed E-state index contributed by atoms with van der Waals surface area (Å²) in [5, 5.41) is 0.825. The lowest BCUT2D eigenvalue weighted by atomic mass is 10.00. The van der Waals surface area contributed by atoms with Gasteiger partial charge < -0.3 is 9.64 Å². The number of nitrogens with zero attached hydrogens (tertiary/aromatic N) is 2. The second-order valence-corrected chi connectivity index (χ2v) is 12.0. The van der Waals surface area contributed by atoms with E-state index in [1.54, 1.807) is 41.3 Å². The van der Waals surface area contributed by atoms with E-state index < -0.39 is 11.1 Å². The van der Waals surface area contributed by atoms with Crippen LogP contribution >= 0.6 is 62.5 Å². The largest absolute Gasteiger partial charge is 0.486 e. The zero-order valence-corrected chi connectivity index (χ0v) is 24.9. The fraction of sp³-hybridized carbons (Fsp3) is 0.179. The number of amides is 3. The summed E-state index contributed by atoms with van der Waals surface area (Å²) < 4.78 is 6.44. The molecule has 2 aliphatic rings. The number of imide groups is 1. The minimum absolute atomic E-state index is 0.170. The minimum atomic E-state index is -0.513. The van der Waals surface area contributed by atoms with Gasteiger partial charge in [0.15, 0.2) is 5.75 Å². The number of carbonyl (C=O) groups is 3. The monoisotopic (exact) mass is 664 g/mol. The molecule has 0 atom stereocenters. The van der Waals surface area contributed by atoms with Gasteiger partial charge in [0.2, 0.25) is 5.91 Å². The van der Waals surface area contributed by atoms with Gasteiger partial charge in [0, 0.05) is 28.7 Å². The van der Waals surface area contributed by atoms with Crippen LogP contribution in [0.25, 0.3) is 6.08 Å². The predicted octanol–water partition coefficient (Wildman–Crippen LogP) is 7.61. The molecule has 0 bridgehead atoms. The van der Waals surface area contributed by atoms with Gasteiger partial charge in [-0.1, -0.05) is 65.1 Å². The first-order valence-electron chi connectivity index (χ1n) is 11.9. The van der Waals surface area contributed by atoms with Crippen molar-refractivity contribution in [2.24, 2.45) is 0 Å². The molecule has 3 amide bonds. The molecule has 1 saturated heterocycles. The van der Waals surface area contributed by atoms with E-state index in [-0.39, 0.29) is 24.0 Å². The molecule has 3 aromatic carbocycles. The van der Waals surface area contributed by atoms with E-state index in [2.05, 4.69) is 22.0 Å². The van der Waals surface area contributed by atoms with Crippen LogP contribution in [0, 0.1) is 0 Å². The van der Waals surface area contributed by atoms with E-state index in [4.69, 9.17) is 39.5 Å². The highest BCUT2D eigenvalue weighted by molar-refractivity contribution is 9.10. The lowest BCUT2D eigenvalue weighted by Gasteiger charge is -2.29. The first kappa shape index (κ1) is 28.1. The van der Waals surface area contributed by atoms with Gasteiger partial charge in [-0.3, -0.25) is 19.3 Å². The fourth-order valence-electron chi connectivity index (χ4n) is 4.32. The second kappa shape index (κ2) is 11.9. The van der Waals surface area contributed by atoms with Crippen molar-refractivity contribution in [2.75, 3.05) is 13.1 Å². The van der Waals surface area contributed by atoms with Gasteiger partial charge in [-0.15, -0.1) is 0 Å². The number of hydrogen-bond acceptors (Lipinski definition) is 5. The highest BCUT2D eigenvalue weighted by Gasteiger charge is 2.37. The van der Waals surface area contributed by atoms with E-state index in [0.717, 1.165) is 34.2 Å². The molecule has 0 radical (unpaired) electrons. The average Bonchev–Trinajstić information content (AvgIpc) is 3.16. The Morgan fingerprint density at radius 1 is 1.03 bits per heavy atom. The zero-order valence-electron chi connectivity index (χ0n) is 20.3. The summed E-state index contributed by atoms with van der Waals surface area (Å²) in [5.41, 5.74) is 3.63. The maximum atomic E-state index is 13.0. The summed E-state index contributed by atoms with van der Waals surface area (Å²) in [4.78, 5) is 41.5. The van der Waals surface area contributed by atoms with Gasteiger partial charge in [-0.05, 0) is 81.1 Å². The second-order valence-electron chi connectivity index (χ2n) is 8.94. The quantitative estimate of drug-likeness (QED) is 0.254. The molecular weight excluding hydrogens is 647 g/mol. The summed E-state index contributed by atoms with van der Waals surface area (Å²) in [5.74, 6) is -0.372. The number of rotatable bonds is 6. The van der Waals surface area contributed by atoms with Gasteiger partial charge in [0.25, 0.3) is 11.1 Å². The molecule has 0 unspecified atom stereocenters. The third kappa shape index (κ3) is 6.31. The summed E-state index contributed by atoms with van der Waals surface area (Å²) in [6.07, 6.45) is 2.31. The minimum Gasteiger partial charge on any atom is -0.486 e. The third-order valence-electron chi connectivity index (χ3n) is 6.36. The van der Waals surface area contributed by atoms with Gasteiger partial charge in [0.1, 0.15) is 13.2 Å². The van der Waals surface area contributed by atoms with Gasteiger partial charge in [-0.25, -0.2) is 0 Å². The van der Waals surface area contributed by atoms with E-state index in [1.165, 1.54) is 5.56 Å². The standard InChI is InChI=1S/C28H20BrCl3N2O4S/c29-21-9-16(10-23(32)26(21)38-15-19-5-6-20(30)12-22(19)31)11-24-27(36)34(28(37)39-24)14-25(35)33-8-7-17-3-1-2-4-18(17)13-33/h1-6,9-12H,7-8,13-15H2/b24-11-. The van der Waals surface area contributed by atoms with Crippen LogP contribution in [0.4, 0.5) is 4.79 Å². The highest BCUT2D eigenvalue weighted by atomic mass is 79.9. The van der Waals surface area contributed by atoms with Crippen LogP contribution in [0.2, 0.25) is 15.1 Å². The molecule has 2 heterocycles. The van der Waals surface area contributed by atoms with Crippen molar-refractivity contribution < 1.29 is 19.1 Å². The van der Waals surface area contributed by atoms with Crippen LogP contribution in [0.3, 0.4) is 0 Å². The molecule has 200 valence electrons. The number of carbonyl (C=O) groups excluding carboxylic acids is 3. The van der Waals surface area contributed by atoms with Crippen molar-refractivity contribution in [1.29, 1.82) is 0 Å². The SMILES string of the molecule is O=C(CN1C(=O)S/C(=C\c2cc(Cl)c(OCc3ccc(Cl)cc3Cl)c(Br)c2)C1=O)N1CCc2ccccc2C1. The van der Waals surface area contributed by atoms with Crippen LogP contribution in [0.15, 0.2) is 64.0 Å². The molecule has 39 heavy (non-hydrogen) atoms. The van der Waals surface area contributed by atoms with Crippen LogP contribution < -0.4 is 4.74 Å². The third-order valence-corrected chi connectivity index (χ3v) is 8.72. The molecular formula is C28H20BrCl3N2O4S. The lowest BCUT2D eigenvalue weighted by Crippen LogP contribution is -2.44. The van der Waals surface area contributed by atoms with Crippen LogP contribution in [-0.4, -0.2) is 39.9 Å². The molecule has 0 spiro atoms. The number of halogens is 4. The summed E-state index contributed by atoms with van der Waals surface area (Å²) >= 11 is 22.9. The molecule has 6 nitrogen and oxygen atoms in total. The molecule has 0 saturated carbocycles. The van der Waals surface area contributed by atoms with Gasteiger partial charge >= 0.3 is 0 Å². The lowest BCUT2D eigenvalue weighted by molar-refractivity contribution is -0.136. The van der Waals surface area contributed by atoms with Gasteiger partial charge in [-0.2, -0.15) is 0 Å². The fourth-order valence-corrected chi connectivity index (χ4v) is 6.61. The smallest absolute Gasteiger partial charge is 0.294 e. The van der Waals surface area contributed by atoms with E-state index in [1.807, 2.05) is 18.2 Å². The molecule has 0 aromatic heterocycles. The molecule has 0 aliphatic carbocycles. The molecule has 0 N–H and O–H groups in total. The molecule has 2 aliphatic heterocycles. The first-order chi connectivity index (χ1) is 18.7. The Morgan fingerprint density at radius 2 is 1.79 bits per heavy atom. The molecule has 11 heteroatoms. The predicted molar refractivity (Wildman–Crippen MR) is 158 cm³/mol. The van der Waals surface area contributed by atoms with Crippen molar-refractivity contribution in [2.45, 2.75) is 19.6 Å². The van der Waals surface area contributed by atoms with Crippen molar-refractivity contribution in [3.05, 3.63) is 101 Å². The highest BCUT2D eigenvalue weighted by Crippen LogP contribution is 2.38.